The third-order valence-corrected chi connectivity index (χ3v) is 1.85. The maximum absolute atomic E-state index is 11.5. The highest BCUT2D eigenvalue weighted by atomic mass is 16.1. The monoisotopic (exact) mass is 179 g/mol. The van der Waals surface area contributed by atoms with Crippen molar-refractivity contribution in [1.82, 2.24) is 4.98 Å². The molecule has 1 rings (SSSR count). The van der Waals surface area contributed by atoms with Gasteiger partial charge in [0.25, 0.3) is 0 Å². The van der Waals surface area contributed by atoms with Crippen LogP contribution in [0.4, 0.5) is 5.82 Å². The van der Waals surface area contributed by atoms with E-state index in [1.165, 1.54) is 0 Å². The Morgan fingerprint density at radius 2 is 2.23 bits per heavy atom. The van der Waals surface area contributed by atoms with Gasteiger partial charge in [-0.15, -0.1) is 0 Å². The summed E-state index contributed by atoms with van der Waals surface area (Å²) < 4.78 is 0. The molecule has 0 spiro atoms. The molecule has 0 radical (unpaired) electrons. The summed E-state index contributed by atoms with van der Waals surface area (Å²) in [4.78, 5) is 15.4. The highest BCUT2D eigenvalue weighted by molar-refractivity contribution is 6.04. The number of nitrogen functional groups attached to an aromatic ring is 1. The SMILES string of the molecule is Cc1ccnc(N)c1C(=O)C(C)N. The van der Waals surface area contributed by atoms with Crippen LogP contribution in [0.1, 0.15) is 22.8 Å². The van der Waals surface area contributed by atoms with E-state index in [0.717, 1.165) is 5.56 Å². The number of hydrogen-bond acceptors (Lipinski definition) is 4. The molecule has 70 valence electrons. The summed E-state index contributed by atoms with van der Waals surface area (Å²) in [5.74, 6) is 0.0883. The first-order chi connectivity index (χ1) is 6.04. The summed E-state index contributed by atoms with van der Waals surface area (Å²) in [7, 11) is 0. The van der Waals surface area contributed by atoms with E-state index in [-0.39, 0.29) is 11.6 Å². The van der Waals surface area contributed by atoms with Crippen LogP contribution in [-0.2, 0) is 0 Å². The quantitative estimate of drug-likeness (QED) is 0.648. The Balaban J connectivity index is 3.20. The summed E-state index contributed by atoms with van der Waals surface area (Å²) in [6.45, 7) is 3.45. The number of nitrogens with zero attached hydrogens (tertiary/aromatic N) is 1. The van der Waals surface area contributed by atoms with Crippen molar-refractivity contribution in [3.63, 3.8) is 0 Å². The van der Waals surface area contributed by atoms with E-state index in [2.05, 4.69) is 4.98 Å². The van der Waals surface area contributed by atoms with Gasteiger partial charge >= 0.3 is 0 Å². The molecule has 4 heteroatoms. The Morgan fingerprint density at radius 1 is 1.62 bits per heavy atom. The van der Waals surface area contributed by atoms with Gasteiger partial charge in [-0.25, -0.2) is 4.98 Å². The number of anilines is 1. The second-order valence-electron chi connectivity index (χ2n) is 3.04. The van der Waals surface area contributed by atoms with Crippen LogP contribution in [0.3, 0.4) is 0 Å². The number of aromatic nitrogens is 1. The summed E-state index contributed by atoms with van der Waals surface area (Å²) in [5, 5.41) is 0. The topological polar surface area (TPSA) is 82.0 Å². The molecule has 1 aromatic heterocycles. The maximum Gasteiger partial charge on any atom is 0.183 e. The number of ketones is 1. The summed E-state index contributed by atoms with van der Waals surface area (Å²) in [5.41, 5.74) is 12.3. The number of Topliss-reactive ketones (excluding diaryl/α,β-unsaturated/α-hetero) is 1. The number of aryl methyl sites for hydroxylation is 1. The van der Waals surface area contributed by atoms with Gasteiger partial charge in [-0.1, -0.05) is 0 Å². The molecule has 0 aromatic carbocycles. The zero-order valence-corrected chi connectivity index (χ0v) is 7.74. The van der Waals surface area contributed by atoms with Crippen LogP contribution in [0.5, 0.6) is 0 Å². The zero-order valence-electron chi connectivity index (χ0n) is 7.74. The Bertz CT molecular complexity index is 313. The lowest BCUT2D eigenvalue weighted by Crippen LogP contribution is -2.28. The smallest absolute Gasteiger partial charge is 0.183 e. The lowest BCUT2D eigenvalue weighted by molar-refractivity contribution is 0.0968. The fourth-order valence-electron chi connectivity index (χ4n) is 1.13. The van der Waals surface area contributed by atoms with Gasteiger partial charge in [0.2, 0.25) is 0 Å². The Kier molecular flexibility index (Phi) is 2.63. The van der Waals surface area contributed by atoms with E-state index in [4.69, 9.17) is 11.5 Å². The van der Waals surface area contributed by atoms with Crippen molar-refractivity contribution < 1.29 is 4.79 Å². The van der Waals surface area contributed by atoms with E-state index in [1.54, 1.807) is 19.2 Å². The van der Waals surface area contributed by atoms with Crippen LogP contribution < -0.4 is 11.5 Å². The molecule has 1 heterocycles. The normalized spacial score (nSPS) is 12.5. The second kappa shape index (κ2) is 3.53. The number of hydrogen-bond donors (Lipinski definition) is 2. The lowest BCUT2D eigenvalue weighted by atomic mass is 10.0. The van der Waals surface area contributed by atoms with Gasteiger partial charge in [0.15, 0.2) is 5.78 Å². The third kappa shape index (κ3) is 1.84. The van der Waals surface area contributed by atoms with Gasteiger partial charge in [0.05, 0.1) is 11.6 Å². The van der Waals surface area contributed by atoms with Gasteiger partial charge in [0.1, 0.15) is 5.82 Å². The van der Waals surface area contributed by atoms with Crippen molar-refractivity contribution in [2.75, 3.05) is 5.73 Å². The Hall–Kier alpha value is -1.42. The van der Waals surface area contributed by atoms with Crippen molar-refractivity contribution in [3.05, 3.63) is 23.4 Å². The summed E-state index contributed by atoms with van der Waals surface area (Å²) in [6, 6.07) is 1.21. The van der Waals surface area contributed by atoms with E-state index in [9.17, 15) is 4.79 Å². The van der Waals surface area contributed by atoms with Crippen LogP contribution in [0.2, 0.25) is 0 Å². The predicted octanol–water partition coefficient (Wildman–Crippen LogP) is 0.502. The summed E-state index contributed by atoms with van der Waals surface area (Å²) in [6.07, 6.45) is 1.57. The van der Waals surface area contributed by atoms with Crippen molar-refractivity contribution >= 4 is 11.6 Å². The standard InChI is InChI=1S/C9H13N3O/c1-5-3-4-12-9(11)7(5)8(13)6(2)10/h3-4,6H,10H2,1-2H3,(H2,11,12). The molecular weight excluding hydrogens is 166 g/mol. The van der Waals surface area contributed by atoms with Gasteiger partial charge in [-0.05, 0) is 25.5 Å². The molecule has 0 fully saturated rings. The molecule has 1 atom stereocenters. The maximum atomic E-state index is 11.5. The molecule has 0 saturated heterocycles. The van der Waals surface area contributed by atoms with Gasteiger partial charge < -0.3 is 11.5 Å². The van der Waals surface area contributed by atoms with Crippen LogP contribution in [0.15, 0.2) is 12.3 Å². The average Bonchev–Trinajstić information content (AvgIpc) is 2.03. The predicted molar refractivity (Wildman–Crippen MR) is 51.4 cm³/mol. The molecular formula is C9H13N3O. The number of carbonyl (C=O) groups excluding carboxylic acids is 1. The molecule has 0 aliphatic carbocycles. The number of rotatable bonds is 2. The third-order valence-electron chi connectivity index (χ3n) is 1.85. The van der Waals surface area contributed by atoms with Gasteiger partial charge in [-0.3, -0.25) is 4.79 Å². The van der Waals surface area contributed by atoms with Crippen LogP contribution in [-0.4, -0.2) is 16.8 Å². The number of pyridine rings is 1. The van der Waals surface area contributed by atoms with Crippen molar-refractivity contribution in [2.24, 2.45) is 5.73 Å². The molecule has 13 heavy (non-hydrogen) atoms. The van der Waals surface area contributed by atoms with Crippen molar-refractivity contribution in [3.8, 4) is 0 Å². The minimum atomic E-state index is -0.537. The molecule has 1 aromatic rings. The first kappa shape index (κ1) is 9.67. The minimum absolute atomic E-state index is 0.164. The van der Waals surface area contributed by atoms with Gasteiger partial charge in [0, 0.05) is 6.20 Å². The second-order valence-corrected chi connectivity index (χ2v) is 3.04. The van der Waals surface area contributed by atoms with E-state index in [1.807, 2.05) is 6.92 Å². The Morgan fingerprint density at radius 3 is 2.69 bits per heavy atom. The van der Waals surface area contributed by atoms with Crippen LogP contribution in [0, 0.1) is 6.92 Å². The molecule has 0 saturated carbocycles. The minimum Gasteiger partial charge on any atom is -0.383 e. The van der Waals surface area contributed by atoms with E-state index < -0.39 is 6.04 Å². The number of carbonyl (C=O) groups is 1. The van der Waals surface area contributed by atoms with E-state index >= 15 is 0 Å². The van der Waals surface area contributed by atoms with Crippen molar-refractivity contribution in [1.29, 1.82) is 0 Å². The molecule has 1 unspecified atom stereocenters. The lowest BCUT2D eigenvalue weighted by Gasteiger charge is -2.09. The number of nitrogens with two attached hydrogens (primary N) is 2. The highest BCUT2D eigenvalue weighted by Crippen LogP contribution is 2.14. The fourth-order valence-corrected chi connectivity index (χ4v) is 1.13. The summed E-state index contributed by atoms with van der Waals surface area (Å²) >= 11 is 0. The average molecular weight is 179 g/mol. The highest BCUT2D eigenvalue weighted by Gasteiger charge is 2.16. The molecule has 4 N–H and O–H groups in total. The fraction of sp³-hybridized carbons (Fsp3) is 0.333. The largest absolute Gasteiger partial charge is 0.383 e. The molecule has 4 nitrogen and oxygen atoms in total. The van der Waals surface area contributed by atoms with Crippen LogP contribution in [0.25, 0.3) is 0 Å². The molecule has 0 bridgehead atoms. The van der Waals surface area contributed by atoms with Crippen LogP contribution >= 0.6 is 0 Å². The molecule has 0 aliphatic heterocycles. The van der Waals surface area contributed by atoms with Crippen molar-refractivity contribution in [2.45, 2.75) is 19.9 Å². The van der Waals surface area contributed by atoms with Gasteiger partial charge in [-0.2, -0.15) is 0 Å². The zero-order chi connectivity index (χ0) is 10.0. The molecule has 0 aliphatic rings. The molecule has 0 amide bonds. The first-order valence-electron chi connectivity index (χ1n) is 4.05. The Labute approximate surface area is 77.0 Å². The first-order valence-corrected chi connectivity index (χ1v) is 4.05. The van der Waals surface area contributed by atoms with E-state index in [0.29, 0.717) is 5.56 Å².